The summed E-state index contributed by atoms with van der Waals surface area (Å²) in [6.45, 7) is 6.97. The van der Waals surface area contributed by atoms with Gasteiger partial charge in [0.2, 0.25) is 0 Å². The first-order valence-electron chi connectivity index (χ1n) is 12.7. The zero-order valence-corrected chi connectivity index (χ0v) is 24.4. The molecular formula is C28H33ClN4O6S. The molecule has 0 bridgehead atoms. The second-order valence-electron chi connectivity index (χ2n) is 10.00. The van der Waals surface area contributed by atoms with Crippen LogP contribution >= 0.6 is 11.6 Å². The van der Waals surface area contributed by atoms with Crippen molar-refractivity contribution in [2.45, 2.75) is 59.1 Å². The highest BCUT2D eigenvalue weighted by molar-refractivity contribution is 7.81. The number of nitrogens with one attached hydrogen (secondary N) is 1. The number of para-hydroxylation sites is 1. The zero-order chi connectivity index (χ0) is 29.4. The molecule has 0 saturated heterocycles. The summed E-state index contributed by atoms with van der Waals surface area (Å²) in [7, 11) is 0. The lowest BCUT2D eigenvalue weighted by Gasteiger charge is -2.23. The first kappa shape index (κ1) is 31.0. The van der Waals surface area contributed by atoms with Gasteiger partial charge in [0.25, 0.3) is 17.2 Å². The smallest absolute Gasteiger partial charge is 0.408 e. The van der Waals surface area contributed by atoms with Gasteiger partial charge in [-0.05, 0) is 44.4 Å². The number of carbonyl (C=O) groups excluding carboxylic acids is 3. The monoisotopic (exact) mass is 588 g/mol. The number of hydrogen-bond donors (Lipinski definition) is 2. The highest BCUT2D eigenvalue weighted by atomic mass is 35.5. The summed E-state index contributed by atoms with van der Waals surface area (Å²) in [4.78, 5) is 40.9. The molecule has 0 saturated carbocycles. The molecule has 1 atom stereocenters. The number of rotatable bonds is 11. The van der Waals surface area contributed by atoms with Crippen LogP contribution in [0.1, 0.15) is 62.4 Å². The lowest BCUT2D eigenvalue weighted by Crippen LogP contribution is -2.42. The van der Waals surface area contributed by atoms with Crippen LogP contribution in [0.5, 0.6) is 0 Å². The third-order valence-corrected chi connectivity index (χ3v) is 6.79. The molecule has 2 aromatic carbocycles. The number of aromatic nitrogens is 2. The Morgan fingerprint density at radius 2 is 1.85 bits per heavy atom. The van der Waals surface area contributed by atoms with Crippen LogP contribution in [0.4, 0.5) is 10.5 Å². The number of benzene rings is 2. The quantitative estimate of drug-likeness (QED) is 0.226. The fraction of sp³-hybridized carbons (Fsp3) is 0.357. The van der Waals surface area contributed by atoms with Gasteiger partial charge in [0.05, 0.1) is 5.69 Å². The second kappa shape index (κ2) is 13.7. The molecule has 2 amide bonds. The van der Waals surface area contributed by atoms with Crippen LogP contribution in [0.15, 0.2) is 48.5 Å². The van der Waals surface area contributed by atoms with E-state index in [1.54, 1.807) is 49.6 Å². The molecular weight excluding hydrogens is 556 g/mol. The van der Waals surface area contributed by atoms with Gasteiger partial charge in [0.1, 0.15) is 23.7 Å². The number of halogens is 1. The van der Waals surface area contributed by atoms with Gasteiger partial charge < -0.3 is 14.6 Å². The Labute approximate surface area is 241 Å². The van der Waals surface area contributed by atoms with Gasteiger partial charge in [-0.2, -0.15) is 0 Å². The predicted octanol–water partition coefficient (Wildman–Crippen LogP) is 5.40. The molecule has 1 heterocycles. The molecule has 1 aromatic heterocycles. The van der Waals surface area contributed by atoms with E-state index in [1.807, 2.05) is 24.3 Å². The molecule has 0 aliphatic heterocycles. The van der Waals surface area contributed by atoms with Crippen molar-refractivity contribution < 1.29 is 27.9 Å². The predicted molar refractivity (Wildman–Crippen MR) is 155 cm³/mol. The molecule has 0 aliphatic rings. The molecule has 2 N–H and O–H groups in total. The average Bonchev–Trinajstić information content (AvgIpc) is 3.19. The van der Waals surface area contributed by atoms with Gasteiger partial charge in [0.15, 0.2) is 11.4 Å². The number of aldehydes is 1. The molecule has 10 nitrogen and oxygen atoms in total. The molecule has 0 fully saturated rings. The summed E-state index contributed by atoms with van der Waals surface area (Å²) >= 11 is 3.49. The number of unbranched alkanes of at least 4 members (excludes halogenated alkanes) is 1. The van der Waals surface area contributed by atoms with Crippen LogP contribution in [-0.2, 0) is 33.8 Å². The maximum atomic E-state index is 12.9. The minimum Gasteiger partial charge on any atom is -0.444 e. The maximum Gasteiger partial charge on any atom is 0.408 e. The standard InChI is InChI=1S/C28H33ClN4O6S/c1-5-6-11-24-31-26(29)23(18-34)32(24)17-19-12-14-20(15-13-19)21-9-7-8-10-22(21)33(40(37)38)25(35)16-30-27(36)39-28(2,3)4/h7-10,12-15,18H,5-6,11,16-17H2,1-4H3,(H,30,36)(H,37,38). The van der Waals surface area contributed by atoms with E-state index >= 15 is 0 Å². The van der Waals surface area contributed by atoms with E-state index in [1.165, 1.54) is 0 Å². The number of hydrogen-bond acceptors (Lipinski definition) is 6. The maximum absolute atomic E-state index is 12.9. The van der Waals surface area contributed by atoms with Gasteiger partial charge in [-0.1, -0.05) is 67.4 Å². The highest BCUT2D eigenvalue weighted by Crippen LogP contribution is 2.32. The van der Waals surface area contributed by atoms with Crippen molar-refractivity contribution in [3.63, 3.8) is 0 Å². The van der Waals surface area contributed by atoms with Crippen molar-refractivity contribution in [1.29, 1.82) is 0 Å². The van der Waals surface area contributed by atoms with E-state index in [0.29, 0.717) is 40.4 Å². The number of ether oxygens (including phenoxy) is 1. The fourth-order valence-electron chi connectivity index (χ4n) is 4.00. The van der Waals surface area contributed by atoms with Crippen LogP contribution in [-0.4, -0.2) is 48.7 Å². The molecule has 0 spiro atoms. The third kappa shape index (κ3) is 8.00. The molecule has 3 aromatic rings. The first-order chi connectivity index (χ1) is 18.9. The van der Waals surface area contributed by atoms with Crippen molar-refractivity contribution in [3.8, 4) is 11.1 Å². The molecule has 1 unspecified atom stereocenters. The Morgan fingerprint density at radius 1 is 1.18 bits per heavy atom. The molecule has 40 heavy (non-hydrogen) atoms. The van der Waals surface area contributed by atoms with E-state index in [9.17, 15) is 23.1 Å². The Bertz CT molecular complexity index is 1380. The highest BCUT2D eigenvalue weighted by Gasteiger charge is 2.26. The largest absolute Gasteiger partial charge is 0.444 e. The fourth-order valence-corrected chi connectivity index (χ4v) is 4.81. The van der Waals surface area contributed by atoms with Gasteiger partial charge in [-0.25, -0.2) is 18.3 Å². The Morgan fingerprint density at radius 3 is 2.45 bits per heavy atom. The normalized spacial score (nSPS) is 12.1. The van der Waals surface area contributed by atoms with Crippen molar-refractivity contribution in [3.05, 3.63) is 70.8 Å². The number of anilines is 1. The minimum atomic E-state index is -2.70. The van der Waals surface area contributed by atoms with Crippen molar-refractivity contribution in [2.75, 3.05) is 10.8 Å². The van der Waals surface area contributed by atoms with E-state index in [-0.39, 0.29) is 10.8 Å². The van der Waals surface area contributed by atoms with Crippen LogP contribution in [0.3, 0.4) is 0 Å². The Balaban J connectivity index is 1.85. The number of amides is 2. The van der Waals surface area contributed by atoms with E-state index < -0.39 is 35.4 Å². The summed E-state index contributed by atoms with van der Waals surface area (Å²) in [6.07, 6.45) is 2.47. The lowest BCUT2D eigenvalue weighted by molar-refractivity contribution is -0.116. The summed E-state index contributed by atoms with van der Waals surface area (Å²) < 4.78 is 29.9. The van der Waals surface area contributed by atoms with Gasteiger partial charge in [-0.15, -0.1) is 0 Å². The Hall–Kier alpha value is -3.54. The number of carbonyl (C=O) groups is 3. The Kier molecular flexibility index (Phi) is 10.6. The topological polar surface area (TPSA) is 131 Å². The zero-order valence-electron chi connectivity index (χ0n) is 22.8. The van der Waals surface area contributed by atoms with Crippen LogP contribution < -0.4 is 9.62 Å². The number of aryl methyl sites for hydroxylation is 1. The van der Waals surface area contributed by atoms with Crippen molar-refractivity contribution in [1.82, 2.24) is 14.9 Å². The van der Waals surface area contributed by atoms with Crippen LogP contribution in [0.25, 0.3) is 11.1 Å². The van der Waals surface area contributed by atoms with E-state index in [0.717, 1.165) is 24.2 Å². The van der Waals surface area contributed by atoms with E-state index in [4.69, 9.17) is 16.3 Å². The second-order valence-corrected chi connectivity index (χ2v) is 11.2. The third-order valence-electron chi connectivity index (χ3n) is 5.80. The first-order valence-corrected chi connectivity index (χ1v) is 14.2. The summed E-state index contributed by atoms with van der Waals surface area (Å²) in [5.41, 5.74) is 1.86. The van der Waals surface area contributed by atoms with Crippen molar-refractivity contribution in [2.24, 2.45) is 0 Å². The van der Waals surface area contributed by atoms with E-state index in [2.05, 4.69) is 17.2 Å². The summed E-state index contributed by atoms with van der Waals surface area (Å²) in [5, 5.41) is 2.50. The summed E-state index contributed by atoms with van der Waals surface area (Å²) in [5.74, 6) is -0.0586. The molecule has 3 rings (SSSR count). The van der Waals surface area contributed by atoms with Crippen LogP contribution in [0, 0.1) is 0 Å². The van der Waals surface area contributed by atoms with Crippen LogP contribution in [0.2, 0.25) is 5.15 Å². The minimum absolute atomic E-state index is 0.176. The number of imidazole rings is 1. The molecule has 214 valence electrons. The lowest BCUT2D eigenvalue weighted by atomic mass is 10.0. The molecule has 12 heteroatoms. The van der Waals surface area contributed by atoms with Gasteiger partial charge >= 0.3 is 6.09 Å². The molecule has 0 radical (unpaired) electrons. The SMILES string of the molecule is CCCCc1nc(Cl)c(C=O)n1Cc1ccc(-c2ccccc2N(C(=O)CNC(=O)OC(C)(C)C)S(=O)O)cc1. The van der Waals surface area contributed by atoms with Gasteiger partial charge in [0, 0.05) is 18.5 Å². The van der Waals surface area contributed by atoms with Gasteiger partial charge in [-0.3, -0.25) is 14.1 Å². The summed E-state index contributed by atoms with van der Waals surface area (Å²) in [6, 6.07) is 14.0. The molecule has 0 aliphatic carbocycles. The number of nitrogens with zero attached hydrogens (tertiary/aromatic N) is 3. The average molecular weight is 589 g/mol. The van der Waals surface area contributed by atoms with Crippen molar-refractivity contribution >= 4 is 46.8 Å². The number of alkyl carbamates (subject to hydrolysis) is 1.